The molecule has 3 aromatic carbocycles. The lowest BCUT2D eigenvalue weighted by molar-refractivity contribution is 0.100. The molecule has 0 aliphatic heterocycles. The highest BCUT2D eigenvalue weighted by molar-refractivity contribution is 5.97. The second kappa shape index (κ2) is 8.26. The Bertz CT molecular complexity index is 1130. The molecule has 0 aliphatic rings. The first-order chi connectivity index (χ1) is 14.5. The molecular weight excluding hydrogens is 370 g/mol. The third-order valence-corrected chi connectivity index (χ3v) is 5.19. The van der Waals surface area contributed by atoms with Gasteiger partial charge in [-0.2, -0.15) is 0 Å². The van der Waals surface area contributed by atoms with E-state index in [1.165, 1.54) is 0 Å². The van der Waals surface area contributed by atoms with E-state index < -0.39 is 0 Å². The summed E-state index contributed by atoms with van der Waals surface area (Å²) in [6.45, 7) is 3.14. The smallest absolute Gasteiger partial charge is 0.159 e. The Morgan fingerprint density at radius 1 is 0.600 bits per heavy atom. The Kier molecular flexibility index (Phi) is 5.36. The second-order valence-corrected chi connectivity index (χ2v) is 7.21. The van der Waals surface area contributed by atoms with Crippen molar-refractivity contribution in [1.82, 2.24) is 4.98 Å². The Morgan fingerprint density at radius 3 is 1.50 bits per heavy atom. The SMILES string of the molecule is CC(=O)c1ccc(-c2cccc(-c3ccc(C(C)=O)cc3)c2-c2ccccn2)cc1. The fraction of sp³-hybridized carbons (Fsp3) is 0.0741. The van der Waals surface area contributed by atoms with E-state index >= 15 is 0 Å². The third kappa shape index (κ3) is 3.83. The lowest BCUT2D eigenvalue weighted by atomic mass is 9.89. The molecule has 30 heavy (non-hydrogen) atoms. The number of nitrogens with zero attached hydrogens (tertiary/aromatic N) is 1. The van der Waals surface area contributed by atoms with Gasteiger partial charge < -0.3 is 0 Å². The van der Waals surface area contributed by atoms with E-state index in [0.717, 1.165) is 33.5 Å². The normalized spacial score (nSPS) is 10.6. The quantitative estimate of drug-likeness (QED) is 0.365. The van der Waals surface area contributed by atoms with Gasteiger partial charge in [0, 0.05) is 22.9 Å². The number of benzene rings is 3. The number of pyridine rings is 1. The molecule has 0 spiro atoms. The number of hydrogen-bond acceptors (Lipinski definition) is 3. The molecule has 3 nitrogen and oxygen atoms in total. The molecule has 0 fully saturated rings. The van der Waals surface area contributed by atoms with Crippen molar-refractivity contribution in [2.75, 3.05) is 0 Å². The van der Waals surface area contributed by atoms with Crippen molar-refractivity contribution < 1.29 is 9.59 Å². The van der Waals surface area contributed by atoms with Gasteiger partial charge in [0.1, 0.15) is 0 Å². The molecule has 0 saturated carbocycles. The minimum Gasteiger partial charge on any atom is -0.295 e. The molecule has 1 aromatic heterocycles. The minimum atomic E-state index is 0.0470. The van der Waals surface area contributed by atoms with E-state index in [2.05, 4.69) is 17.1 Å². The second-order valence-electron chi connectivity index (χ2n) is 7.21. The predicted molar refractivity (Wildman–Crippen MR) is 121 cm³/mol. The highest BCUT2D eigenvalue weighted by Gasteiger charge is 2.15. The number of carbonyl (C=O) groups is 2. The summed E-state index contributed by atoms with van der Waals surface area (Å²) in [7, 11) is 0. The largest absolute Gasteiger partial charge is 0.295 e. The average molecular weight is 391 g/mol. The minimum absolute atomic E-state index is 0.0470. The lowest BCUT2D eigenvalue weighted by Crippen LogP contribution is -1.95. The van der Waals surface area contributed by atoms with Crippen LogP contribution >= 0.6 is 0 Å². The fourth-order valence-corrected chi connectivity index (χ4v) is 3.59. The van der Waals surface area contributed by atoms with Gasteiger partial charge in [-0.15, -0.1) is 0 Å². The van der Waals surface area contributed by atoms with Crippen molar-refractivity contribution in [2.24, 2.45) is 0 Å². The summed E-state index contributed by atoms with van der Waals surface area (Å²) < 4.78 is 0. The van der Waals surface area contributed by atoms with Crippen molar-refractivity contribution in [1.29, 1.82) is 0 Å². The van der Waals surface area contributed by atoms with Gasteiger partial charge in [-0.05, 0) is 48.2 Å². The summed E-state index contributed by atoms with van der Waals surface area (Å²) in [4.78, 5) is 27.9. The van der Waals surface area contributed by atoms with Gasteiger partial charge in [0.25, 0.3) is 0 Å². The first-order valence-corrected chi connectivity index (χ1v) is 9.82. The Labute approximate surface area is 176 Å². The van der Waals surface area contributed by atoms with Crippen LogP contribution in [0.5, 0.6) is 0 Å². The molecule has 0 amide bonds. The van der Waals surface area contributed by atoms with E-state index in [1.54, 1.807) is 20.0 Å². The summed E-state index contributed by atoms with van der Waals surface area (Å²) in [6.07, 6.45) is 1.79. The zero-order chi connectivity index (χ0) is 21.1. The van der Waals surface area contributed by atoms with Crippen LogP contribution in [0.4, 0.5) is 0 Å². The number of hydrogen-bond donors (Lipinski definition) is 0. The van der Waals surface area contributed by atoms with Crippen LogP contribution in [0.2, 0.25) is 0 Å². The molecule has 0 radical (unpaired) electrons. The number of carbonyl (C=O) groups excluding carboxylic acids is 2. The Morgan fingerprint density at radius 2 is 1.10 bits per heavy atom. The van der Waals surface area contributed by atoms with Gasteiger partial charge in [-0.3, -0.25) is 14.6 Å². The van der Waals surface area contributed by atoms with E-state index in [0.29, 0.717) is 11.1 Å². The van der Waals surface area contributed by atoms with Crippen LogP contribution in [0.25, 0.3) is 33.5 Å². The van der Waals surface area contributed by atoms with Gasteiger partial charge in [-0.1, -0.05) is 72.8 Å². The highest BCUT2D eigenvalue weighted by atomic mass is 16.1. The van der Waals surface area contributed by atoms with Crippen molar-refractivity contribution in [2.45, 2.75) is 13.8 Å². The third-order valence-electron chi connectivity index (χ3n) is 5.19. The number of ketones is 2. The predicted octanol–water partition coefficient (Wildman–Crippen LogP) is 6.49. The molecule has 0 aliphatic carbocycles. The van der Waals surface area contributed by atoms with Crippen molar-refractivity contribution >= 4 is 11.6 Å². The van der Waals surface area contributed by atoms with Crippen LogP contribution in [-0.4, -0.2) is 16.6 Å². The van der Waals surface area contributed by atoms with E-state index in [-0.39, 0.29) is 11.6 Å². The first-order valence-electron chi connectivity index (χ1n) is 9.82. The van der Waals surface area contributed by atoms with E-state index in [9.17, 15) is 9.59 Å². The number of aromatic nitrogens is 1. The Hall–Kier alpha value is -3.85. The van der Waals surface area contributed by atoms with Crippen LogP contribution in [0.15, 0.2) is 91.1 Å². The first kappa shape index (κ1) is 19.5. The fourth-order valence-electron chi connectivity index (χ4n) is 3.59. The van der Waals surface area contributed by atoms with Crippen LogP contribution in [0.3, 0.4) is 0 Å². The monoisotopic (exact) mass is 391 g/mol. The zero-order valence-electron chi connectivity index (χ0n) is 16.9. The summed E-state index contributed by atoms with van der Waals surface area (Å²) in [5, 5.41) is 0. The summed E-state index contributed by atoms with van der Waals surface area (Å²) in [5.74, 6) is 0.0941. The van der Waals surface area contributed by atoms with Crippen LogP contribution in [-0.2, 0) is 0 Å². The van der Waals surface area contributed by atoms with Gasteiger partial charge >= 0.3 is 0 Å². The summed E-state index contributed by atoms with van der Waals surface area (Å²) >= 11 is 0. The van der Waals surface area contributed by atoms with Crippen molar-refractivity contribution in [3.63, 3.8) is 0 Å². The number of rotatable bonds is 5. The number of Topliss-reactive ketones (excluding diaryl/α,β-unsaturated/α-hetero) is 2. The maximum Gasteiger partial charge on any atom is 0.159 e. The maximum absolute atomic E-state index is 11.7. The molecule has 4 aromatic rings. The van der Waals surface area contributed by atoms with Gasteiger partial charge in [0.15, 0.2) is 11.6 Å². The molecule has 1 heterocycles. The molecule has 4 rings (SSSR count). The lowest BCUT2D eigenvalue weighted by Gasteiger charge is -2.16. The average Bonchev–Trinajstić information content (AvgIpc) is 2.79. The molecular formula is C27H21NO2. The van der Waals surface area contributed by atoms with Gasteiger partial charge in [0.05, 0.1) is 5.69 Å². The van der Waals surface area contributed by atoms with Crippen LogP contribution < -0.4 is 0 Å². The molecule has 0 N–H and O–H groups in total. The van der Waals surface area contributed by atoms with Crippen molar-refractivity contribution in [3.05, 3.63) is 102 Å². The maximum atomic E-state index is 11.7. The standard InChI is InChI=1S/C27H21NO2/c1-18(29)20-9-13-22(14-10-20)24-6-5-7-25(27(24)26-8-3-4-17-28-26)23-15-11-21(12-16-23)19(2)30/h3-17H,1-2H3. The van der Waals surface area contributed by atoms with Crippen LogP contribution in [0.1, 0.15) is 34.6 Å². The molecule has 0 atom stereocenters. The summed E-state index contributed by atoms with van der Waals surface area (Å²) in [6, 6.07) is 27.3. The van der Waals surface area contributed by atoms with E-state index in [4.69, 9.17) is 0 Å². The molecule has 0 bridgehead atoms. The topological polar surface area (TPSA) is 47.0 Å². The van der Waals surface area contributed by atoms with Gasteiger partial charge in [-0.25, -0.2) is 0 Å². The molecule has 0 saturated heterocycles. The van der Waals surface area contributed by atoms with Crippen molar-refractivity contribution in [3.8, 4) is 33.5 Å². The van der Waals surface area contributed by atoms with E-state index in [1.807, 2.05) is 72.8 Å². The molecule has 146 valence electrons. The summed E-state index contributed by atoms with van der Waals surface area (Å²) in [5.41, 5.74) is 7.38. The highest BCUT2D eigenvalue weighted by Crippen LogP contribution is 2.39. The molecule has 0 unspecified atom stereocenters. The van der Waals surface area contributed by atoms with Crippen LogP contribution in [0, 0.1) is 0 Å². The zero-order valence-corrected chi connectivity index (χ0v) is 16.9. The Balaban J connectivity index is 1.92. The van der Waals surface area contributed by atoms with Gasteiger partial charge in [0.2, 0.25) is 0 Å². The molecule has 3 heteroatoms.